The van der Waals surface area contributed by atoms with Crippen molar-refractivity contribution in [2.45, 2.75) is 31.9 Å². The summed E-state index contributed by atoms with van der Waals surface area (Å²) in [6, 6.07) is 7.90. The molecule has 0 saturated carbocycles. The van der Waals surface area contributed by atoms with Crippen LogP contribution in [0.3, 0.4) is 0 Å². The maximum absolute atomic E-state index is 9.02. The van der Waals surface area contributed by atoms with Crippen molar-refractivity contribution in [1.82, 2.24) is 10.2 Å². The Balaban J connectivity index is 1.56. The van der Waals surface area contributed by atoms with Crippen molar-refractivity contribution >= 4 is 16.5 Å². The number of aromatic nitrogens is 2. The molecule has 0 radical (unpaired) electrons. The minimum atomic E-state index is 0.0819. The second-order valence-corrected chi connectivity index (χ2v) is 6.17. The number of aliphatic hydroxyl groups excluding tert-OH is 1. The molecule has 0 amide bonds. The van der Waals surface area contributed by atoms with Gasteiger partial charge >= 0.3 is 0 Å². The Bertz CT molecular complexity index is 565. The number of rotatable bonds is 5. The van der Waals surface area contributed by atoms with Crippen LogP contribution in [0, 0.1) is 0 Å². The zero-order valence-corrected chi connectivity index (χ0v) is 12.6. The summed E-state index contributed by atoms with van der Waals surface area (Å²) >= 11 is 1.64. The van der Waals surface area contributed by atoms with Crippen LogP contribution in [0.2, 0.25) is 0 Å². The van der Waals surface area contributed by atoms with Crippen LogP contribution < -0.4 is 5.32 Å². The average Bonchev–Trinajstić information content (AvgIpc) is 3.03. The van der Waals surface area contributed by atoms with E-state index in [1.807, 2.05) is 24.3 Å². The summed E-state index contributed by atoms with van der Waals surface area (Å²) in [5.74, 6) is 0.496. The predicted octanol–water partition coefficient (Wildman–Crippen LogP) is 2.54. The molecule has 1 aromatic heterocycles. The third kappa shape index (κ3) is 3.78. The largest absolute Gasteiger partial charge is 0.392 e. The first kappa shape index (κ1) is 14.4. The Morgan fingerprint density at radius 1 is 1.14 bits per heavy atom. The molecule has 0 bridgehead atoms. The molecule has 1 saturated heterocycles. The van der Waals surface area contributed by atoms with Crippen LogP contribution in [0.25, 0.3) is 0 Å². The topological polar surface area (TPSA) is 67.3 Å². The lowest BCUT2D eigenvalue weighted by Crippen LogP contribution is -2.13. The summed E-state index contributed by atoms with van der Waals surface area (Å²) in [5, 5.41) is 22.8. The van der Waals surface area contributed by atoms with E-state index in [-0.39, 0.29) is 6.61 Å². The fourth-order valence-corrected chi connectivity index (χ4v) is 3.26. The average molecular weight is 305 g/mol. The Labute approximate surface area is 128 Å². The second kappa shape index (κ2) is 6.98. The molecule has 5 nitrogen and oxygen atoms in total. The Hall–Kier alpha value is -1.50. The standard InChI is InChI=1S/C15H19N3O2S/c19-10-12-3-1-11(2-4-12)9-16-15-18-17-14(21-15)13-5-7-20-8-6-13/h1-4,13,19H,5-10H2,(H,16,18). The van der Waals surface area contributed by atoms with Gasteiger partial charge in [0, 0.05) is 25.7 Å². The van der Waals surface area contributed by atoms with E-state index in [4.69, 9.17) is 9.84 Å². The lowest BCUT2D eigenvalue weighted by Gasteiger charge is -2.18. The lowest BCUT2D eigenvalue weighted by molar-refractivity contribution is 0.0851. The van der Waals surface area contributed by atoms with Crippen molar-refractivity contribution in [3.63, 3.8) is 0 Å². The van der Waals surface area contributed by atoms with Gasteiger partial charge in [-0.25, -0.2) is 0 Å². The van der Waals surface area contributed by atoms with Gasteiger partial charge in [0.2, 0.25) is 5.13 Å². The maximum Gasteiger partial charge on any atom is 0.205 e. The first-order valence-corrected chi connectivity index (χ1v) is 8.00. The Morgan fingerprint density at radius 3 is 2.57 bits per heavy atom. The number of nitrogens with one attached hydrogen (secondary N) is 1. The van der Waals surface area contributed by atoms with Gasteiger partial charge in [-0.1, -0.05) is 35.6 Å². The molecule has 1 aliphatic rings. The van der Waals surface area contributed by atoms with Crippen LogP contribution in [-0.4, -0.2) is 28.5 Å². The first-order chi connectivity index (χ1) is 10.3. The highest BCUT2D eigenvalue weighted by atomic mass is 32.1. The van der Waals surface area contributed by atoms with Gasteiger partial charge in [0.15, 0.2) is 0 Å². The Morgan fingerprint density at radius 2 is 1.86 bits per heavy atom. The quantitative estimate of drug-likeness (QED) is 0.888. The zero-order chi connectivity index (χ0) is 14.5. The van der Waals surface area contributed by atoms with Crippen LogP contribution in [0.4, 0.5) is 5.13 Å². The lowest BCUT2D eigenvalue weighted by atomic mass is 10.0. The molecule has 6 heteroatoms. The summed E-state index contributed by atoms with van der Waals surface area (Å²) in [5.41, 5.74) is 2.09. The van der Waals surface area contributed by atoms with Crippen molar-refractivity contribution in [3.8, 4) is 0 Å². The monoisotopic (exact) mass is 305 g/mol. The normalized spacial score (nSPS) is 16.0. The molecule has 2 heterocycles. The minimum Gasteiger partial charge on any atom is -0.392 e. The summed E-state index contributed by atoms with van der Waals surface area (Å²) in [4.78, 5) is 0. The molecule has 1 fully saturated rings. The molecule has 21 heavy (non-hydrogen) atoms. The number of hydrogen-bond donors (Lipinski definition) is 2. The van der Waals surface area contributed by atoms with Crippen molar-refractivity contribution in [3.05, 3.63) is 40.4 Å². The molecule has 2 aromatic rings. The predicted molar refractivity (Wildman–Crippen MR) is 82.4 cm³/mol. The van der Waals surface area contributed by atoms with Crippen LogP contribution in [-0.2, 0) is 17.9 Å². The fourth-order valence-electron chi connectivity index (χ4n) is 2.36. The van der Waals surface area contributed by atoms with Gasteiger partial charge in [0.05, 0.1) is 6.61 Å². The minimum absolute atomic E-state index is 0.0819. The number of nitrogens with zero attached hydrogens (tertiary/aromatic N) is 2. The number of ether oxygens (including phenoxy) is 1. The van der Waals surface area contributed by atoms with Crippen molar-refractivity contribution in [2.24, 2.45) is 0 Å². The molecule has 112 valence electrons. The van der Waals surface area contributed by atoms with E-state index < -0.39 is 0 Å². The summed E-state index contributed by atoms with van der Waals surface area (Å²) in [6.45, 7) is 2.45. The number of hydrogen-bond acceptors (Lipinski definition) is 6. The molecule has 2 N–H and O–H groups in total. The number of benzene rings is 1. The van der Waals surface area contributed by atoms with E-state index in [2.05, 4.69) is 15.5 Å². The third-order valence-corrected chi connectivity index (χ3v) is 4.70. The van der Waals surface area contributed by atoms with Crippen molar-refractivity contribution in [2.75, 3.05) is 18.5 Å². The zero-order valence-electron chi connectivity index (χ0n) is 11.8. The number of anilines is 1. The first-order valence-electron chi connectivity index (χ1n) is 7.19. The molecule has 0 spiro atoms. The van der Waals surface area contributed by atoms with Crippen LogP contribution in [0.1, 0.15) is 34.9 Å². The molecule has 0 unspecified atom stereocenters. The van der Waals surface area contributed by atoms with Gasteiger partial charge in [-0.2, -0.15) is 0 Å². The highest BCUT2D eigenvalue weighted by Gasteiger charge is 2.19. The van der Waals surface area contributed by atoms with Gasteiger partial charge in [-0.3, -0.25) is 0 Å². The van der Waals surface area contributed by atoms with E-state index >= 15 is 0 Å². The highest BCUT2D eigenvalue weighted by Crippen LogP contribution is 2.30. The molecule has 0 atom stereocenters. The van der Waals surface area contributed by atoms with Gasteiger partial charge in [-0.05, 0) is 24.0 Å². The maximum atomic E-state index is 9.02. The summed E-state index contributed by atoms with van der Waals surface area (Å²) in [7, 11) is 0. The smallest absolute Gasteiger partial charge is 0.205 e. The molecule has 1 aromatic carbocycles. The van der Waals surface area contributed by atoms with Crippen LogP contribution in [0.5, 0.6) is 0 Å². The molecule has 1 aliphatic heterocycles. The molecular weight excluding hydrogens is 286 g/mol. The van der Waals surface area contributed by atoms with Gasteiger partial charge in [0.25, 0.3) is 0 Å². The molecule has 3 rings (SSSR count). The van der Waals surface area contributed by atoms with Crippen LogP contribution >= 0.6 is 11.3 Å². The highest BCUT2D eigenvalue weighted by molar-refractivity contribution is 7.15. The van der Waals surface area contributed by atoms with E-state index in [0.29, 0.717) is 12.5 Å². The van der Waals surface area contributed by atoms with Gasteiger partial charge in [0.1, 0.15) is 5.01 Å². The van der Waals surface area contributed by atoms with E-state index in [1.54, 1.807) is 11.3 Å². The molecule has 0 aliphatic carbocycles. The van der Waals surface area contributed by atoms with Gasteiger partial charge in [-0.15, -0.1) is 10.2 Å². The van der Waals surface area contributed by atoms with E-state index in [1.165, 1.54) is 0 Å². The van der Waals surface area contributed by atoms with E-state index in [9.17, 15) is 0 Å². The Kier molecular flexibility index (Phi) is 4.80. The van der Waals surface area contributed by atoms with Gasteiger partial charge < -0.3 is 15.2 Å². The van der Waals surface area contributed by atoms with Crippen molar-refractivity contribution < 1.29 is 9.84 Å². The van der Waals surface area contributed by atoms with Crippen LogP contribution in [0.15, 0.2) is 24.3 Å². The summed E-state index contributed by atoms with van der Waals surface area (Å²) in [6.07, 6.45) is 2.08. The van der Waals surface area contributed by atoms with E-state index in [0.717, 1.165) is 47.3 Å². The second-order valence-electron chi connectivity index (χ2n) is 5.16. The summed E-state index contributed by atoms with van der Waals surface area (Å²) < 4.78 is 5.38. The fraction of sp³-hybridized carbons (Fsp3) is 0.467. The van der Waals surface area contributed by atoms with Crippen molar-refractivity contribution in [1.29, 1.82) is 0 Å². The molecular formula is C15H19N3O2S. The SMILES string of the molecule is OCc1ccc(CNc2nnc(C3CCOCC3)s2)cc1. The third-order valence-electron chi connectivity index (χ3n) is 3.66. The number of aliphatic hydroxyl groups is 1.